The van der Waals surface area contributed by atoms with Crippen molar-refractivity contribution in [2.75, 3.05) is 13.1 Å². The monoisotopic (exact) mass is 123 g/mol. The highest BCUT2D eigenvalue weighted by atomic mass is 16.1. The first kappa shape index (κ1) is 6.81. The van der Waals surface area contributed by atoms with Crippen LogP contribution >= 0.6 is 0 Å². The van der Waals surface area contributed by atoms with Gasteiger partial charge < -0.3 is 9.61 Å². The Bertz CT molecular complexity index is 107. The van der Waals surface area contributed by atoms with E-state index in [0.717, 1.165) is 32.2 Å². The molecule has 48 valence electrons. The maximum Gasteiger partial charge on any atom is 0.182 e. The number of nitrogens with zero attached hydrogens (tertiary/aromatic N) is 1. The fourth-order valence-corrected chi connectivity index (χ4v) is 1.15. The highest BCUT2D eigenvalue weighted by Crippen LogP contribution is 2.11. The first-order valence-electron chi connectivity index (χ1n) is 3.28. The van der Waals surface area contributed by atoms with E-state index in [2.05, 4.69) is 0 Å². The second-order valence-electron chi connectivity index (χ2n) is 2.53. The van der Waals surface area contributed by atoms with Gasteiger partial charge in [0.05, 0.1) is 0 Å². The van der Waals surface area contributed by atoms with Crippen molar-refractivity contribution in [3.8, 4) is 0 Å². The average Bonchev–Trinajstić information content (AvgIpc) is 1.88. The van der Waals surface area contributed by atoms with Crippen LogP contribution in [0.15, 0.2) is 0 Å². The lowest BCUT2D eigenvalue weighted by molar-refractivity contribution is -0.112. The number of hydrogen-bond donors (Lipinski definition) is 0. The maximum absolute atomic E-state index is 10.2. The first-order chi connectivity index (χ1) is 4.33. The Hall–Kier alpha value is -0.305. The largest absolute Gasteiger partial charge is 0.353 e. The predicted molar refractivity (Wildman–Crippen MR) is 36.1 cm³/mol. The van der Waals surface area contributed by atoms with Crippen LogP contribution in [0.4, 0.5) is 0 Å². The van der Waals surface area contributed by atoms with Gasteiger partial charge in [-0.15, -0.1) is 0 Å². The van der Waals surface area contributed by atoms with Gasteiger partial charge in [0, 0.05) is 5.92 Å². The molecule has 2 radical (unpaired) electrons. The number of hydrogen-bond acceptors (Lipinski definition) is 2. The molecule has 0 amide bonds. The van der Waals surface area contributed by atoms with Crippen LogP contribution in [-0.2, 0) is 4.79 Å². The molecule has 0 aromatic carbocycles. The Morgan fingerprint density at radius 3 is 2.89 bits per heavy atom. The zero-order valence-electron chi connectivity index (χ0n) is 5.42. The van der Waals surface area contributed by atoms with Crippen molar-refractivity contribution < 1.29 is 4.79 Å². The SMILES string of the molecule is [B]N1CCC[C@H](C=O)C1. The highest BCUT2D eigenvalue weighted by molar-refractivity contribution is 6.04. The van der Waals surface area contributed by atoms with Gasteiger partial charge in [-0.25, -0.2) is 0 Å². The van der Waals surface area contributed by atoms with E-state index in [1.54, 1.807) is 4.81 Å². The van der Waals surface area contributed by atoms with Crippen molar-refractivity contribution in [1.29, 1.82) is 0 Å². The molecule has 0 unspecified atom stereocenters. The number of aldehydes is 1. The van der Waals surface area contributed by atoms with Gasteiger partial charge in [0.25, 0.3) is 0 Å². The summed E-state index contributed by atoms with van der Waals surface area (Å²) in [6.07, 6.45) is 3.07. The normalized spacial score (nSPS) is 30.0. The minimum absolute atomic E-state index is 0.184. The molecule has 0 N–H and O–H groups in total. The number of piperidine rings is 1. The van der Waals surface area contributed by atoms with Gasteiger partial charge >= 0.3 is 0 Å². The Kier molecular flexibility index (Phi) is 2.28. The van der Waals surface area contributed by atoms with E-state index in [-0.39, 0.29) is 5.92 Å². The molecule has 1 heterocycles. The van der Waals surface area contributed by atoms with Crippen molar-refractivity contribution in [2.24, 2.45) is 5.92 Å². The molecule has 1 aliphatic rings. The zero-order chi connectivity index (χ0) is 6.69. The molecule has 1 saturated heterocycles. The van der Waals surface area contributed by atoms with Crippen LogP contribution in [0.2, 0.25) is 0 Å². The first-order valence-corrected chi connectivity index (χ1v) is 3.28. The van der Waals surface area contributed by atoms with E-state index >= 15 is 0 Å². The molecule has 1 fully saturated rings. The molecule has 1 aliphatic heterocycles. The molecule has 0 aromatic heterocycles. The molecular formula is C6H10BNO. The van der Waals surface area contributed by atoms with Gasteiger partial charge in [-0.3, -0.25) is 0 Å². The summed E-state index contributed by atoms with van der Waals surface area (Å²) >= 11 is 0. The van der Waals surface area contributed by atoms with Crippen molar-refractivity contribution in [3.63, 3.8) is 0 Å². The third-order valence-electron chi connectivity index (χ3n) is 1.68. The number of rotatable bonds is 1. The van der Waals surface area contributed by atoms with Crippen LogP contribution in [0.1, 0.15) is 12.8 Å². The minimum atomic E-state index is 0.184. The van der Waals surface area contributed by atoms with E-state index in [1.807, 2.05) is 0 Å². The van der Waals surface area contributed by atoms with Gasteiger partial charge in [-0.05, 0) is 25.9 Å². The Morgan fingerprint density at radius 1 is 1.67 bits per heavy atom. The van der Waals surface area contributed by atoms with Gasteiger partial charge in [0.15, 0.2) is 7.98 Å². The third kappa shape index (κ3) is 1.82. The highest BCUT2D eigenvalue weighted by Gasteiger charge is 2.14. The maximum atomic E-state index is 10.2. The van der Waals surface area contributed by atoms with Crippen molar-refractivity contribution >= 4 is 14.3 Å². The molecule has 2 nitrogen and oxygen atoms in total. The van der Waals surface area contributed by atoms with Crippen LogP contribution in [0.25, 0.3) is 0 Å². The molecular weight excluding hydrogens is 113 g/mol. The molecule has 0 saturated carbocycles. The fraction of sp³-hybridized carbons (Fsp3) is 0.833. The second-order valence-corrected chi connectivity index (χ2v) is 2.53. The van der Waals surface area contributed by atoms with Crippen LogP contribution < -0.4 is 0 Å². The lowest BCUT2D eigenvalue weighted by atomic mass is 9.97. The molecule has 0 aliphatic carbocycles. The predicted octanol–water partition coefficient (Wildman–Crippen LogP) is -0.0192. The van der Waals surface area contributed by atoms with Crippen LogP contribution in [0.3, 0.4) is 0 Å². The summed E-state index contributed by atoms with van der Waals surface area (Å²) in [4.78, 5) is 11.9. The quantitative estimate of drug-likeness (QED) is 0.360. The summed E-state index contributed by atoms with van der Waals surface area (Å²) in [6, 6.07) is 0. The average molecular weight is 123 g/mol. The molecule has 9 heavy (non-hydrogen) atoms. The lowest BCUT2D eigenvalue weighted by Crippen LogP contribution is -2.33. The summed E-state index contributed by atoms with van der Waals surface area (Å²) in [7, 11) is 5.48. The minimum Gasteiger partial charge on any atom is -0.353 e. The van der Waals surface area contributed by atoms with Crippen LogP contribution in [0, 0.1) is 5.92 Å². The summed E-state index contributed by atoms with van der Waals surface area (Å²) < 4.78 is 0. The van der Waals surface area contributed by atoms with Crippen molar-refractivity contribution in [3.05, 3.63) is 0 Å². The standard InChI is InChI=1S/C6H10BNO/c7-8-3-1-2-6(4-8)5-9/h5-6H,1-4H2/t6-/m0/s1. The van der Waals surface area contributed by atoms with Gasteiger partial charge in [-0.1, -0.05) is 0 Å². The smallest absolute Gasteiger partial charge is 0.182 e. The van der Waals surface area contributed by atoms with Crippen molar-refractivity contribution in [2.45, 2.75) is 12.8 Å². The molecule has 1 rings (SSSR count). The lowest BCUT2D eigenvalue weighted by Gasteiger charge is -2.26. The van der Waals surface area contributed by atoms with Crippen LogP contribution in [0.5, 0.6) is 0 Å². The van der Waals surface area contributed by atoms with E-state index < -0.39 is 0 Å². The van der Waals surface area contributed by atoms with Gasteiger partial charge in [0.1, 0.15) is 6.29 Å². The Morgan fingerprint density at radius 2 is 2.44 bits per heavy atom. The summed E-state index contributed by atoms with van der Waals surface area (Å²) in [6.45, 7) is 1.67. The molecule has 0 bridgehead atoms. The zero-order valence-corrected chi connectivity index (χ0v) is 5.42. The summed E-state index contributed by atoms with van der Waals surface area (Å²) in [5.74, 6) is 0.184. The van der Waals surface area contributed by atoms with E-state index in [0.29, 0.717) is 0 Å². The molecule has 0 spiro atoms. The number of carbonyl (C=O) groups is 1. The van der Waals surface area contributed by atoms with Crippen LogP contribution in [-0.4, -0.2) is 32.2 Å². The van der Waals surface area contributed by atoms with Gasteiger partial charge in [0.2, 0.25) is 0 Å². The van der Waals surface area contributed by atoms with E-state index in [4.69, 9.17) is 7.98 Å². The molecule has 0 aromatic rings. The second kappa shape index (κ2) is 3.02. The number of carbonyl (C=O) groups excluding carboxylic acids is 1. The molecule has 1 atom stereocenters. The third-order valence-corrected chi connectivity index (χ3v) is 1.68. The summed E-state index contributed by atoms with van der Waals surface area (Å²) in [5, 5.41) is 0. The Labute approximate surface area is 56.7 Å². The van der Waals surface area contributed by atoms with Crippen molar-refractivity contribution in [1.82, 2.24) is 4.81 Å². The van der Waals surface area contributed by atoms with E-state index in [9.17, 15) is 4.79 Å². The summed E-state index contributed by atoms with van der Waals surface area (Å²) in [5.41, 5.74) is 0. The van der Waals surface area contributed by atoms with Gasteiger partial charge in [-0.2, -0.15) is 0 Å². The topological polar surface area (TPSA) is 20.3 Å². The fourth-order valence-electron chi connectivity index (χ4n) is 1.15. The molecule has 3 heteroatoms. The Balaban J connectivity index is 2.31. The van der Waals surface area contributed by atoms with E-state index in [1.165, 1.54) is 0 Å².